The number of benzene rings is 1. The summed E-state index contributed by atoms with van der Waals surface area (Å²) >= 11 is 6.14. The van der Waals surface area contributed by atoms with Crippen LogP contribution in [0.15, 0.2) is 12.1 Å². The molecule has 6 heteroatoms. The highest BCUT2D eigenvalue weighted by molar-refractivity contribution is 6.32. The molecule has 0 unspecified atom stereocenters. The van der Waals surface area contributed by atoms with E-state index >= 15 is 0 Å². The average Bonchev–Trinajstić information content (AvgIpc) is 2.44. The average molecular weight is 315 g/mol. The predicted molar refractivity (Wildman–Crippen MR) is 83.9 cm³/mol. The summed E-state index contributed by atoms with van der Waals surface area (Å²) in [5.74, 6) is 0.606. The Morgan fingerprint density at radius 2 is 2.10 bits per heavy atom. The van der Waals surface area contributed by atoms with Crippen LogP contribution in [0.2, 0.25) is 5.02 Å². The zero-order valence-electron chi connectivity index (χ0n) is 13.0. The first-order valence-electron chi connectivity index (χ1n) is 6.83. The van der Waals surface area contributed by atoms with Gasteiger partial charge in [-0.1, -0.05) is 18.5 Å². The summed E-state index contributed by atoms with van der Waals surface area (Å²) < 4.78 is 10.7. The fraction of sp³-hybridized carbons (Fsp3) is 0.533. The van der Waals surface area contributed by atoms with Gasteiger partial charge >= 0.3 is 0 Å². The molecular weight excluding hydrogens is 292 g/mol. The third kappa shape index (κ3) is 5.10. The molecule has 0 saturated heterocycles. The molecule has 0 bridgehead atoms. The van der Waals surface area contributed by atoms with Gasteiger partial charge in [0.25, 0.3) is 5.91 Å². The minimum absolute atomic E-state index is 0.124. The maximum atomic E-state index is 11.9. The molecular formula is C15H23ClN2O3. The molecule has 0 aromatic heterocycles. The topological polar surface area (TPSA) is 73.6 Å². The number of carbonyl (C=O) groups is 1. The van der Waals surface area contributed by atoms with Crippen molar-refractivity contribution >= 4 is 17.5 Å². The van der Waals surface area contributed by atoms with Gasteiger partial charge in [0.1, 0.15) is 0 Å². The van der Waals surface area contributed by atoms with Gasteiger partial charge in [-0.3, -0.25) is 4.79 Å². The fourth-order valence-corrected chi connectivity index (χ4v) is 1.96. The lowest BCUT2D eigenvalue weighted by atomic mass is 10.0. The Kier molecular flexibility index (Phi) is 6.30. The van der Waals surface area contributed by atoms with Gasteiger partial charge < -0.3 is 20.5 Å². The van der Waals surface area contributed by atoms with Gasteiger partial charge in [0, 0.05) is 12.1 Å². The van der Waals surface area contributed by atoms with E-state index in [0.29, 0.717) is 23.1 Å². The standard InChI is InChI=1S/C15H23ClN2O3/c1-5-15(2,3)18-13(19)9-21-14-11(16)6-10(8-17)7-12(14)20-4/h6-7H,5,8-9,17H2,1-4H3,(H,18,19). The minimum Gasteiger partial charge on any atom is -0.493 e. The van der Waals surface area contributed by atoms with E-state index in [9.17, 15) is 4.79 Å². The maximum Gasteiger partial charge on any atom is 0.258 e. The summed E-state index contributed by atoms with van der Waals surface area (Å²) in [6, 6.07) is 3.45. The van der Waals surface area contributed by atoms with Gasteiger partial charge in [-0.15, -0.1) is 0 Å². The van der Waals surface area contributed by atoms with Crippen molar-refractivity contribution in [3.63, 3.8) is 0 Å². The summed E-state index contributed by atoms with van der Waals surface area (Å²) in [6.45, 7) is 6.14. The molecule has 0 fully saturated rings. The number of amides is 1. The molecule has 0 aliphatic heterocycles. The molecule has 0 aliphatic rings. The van der Waals surface area contributed by atoms with Crippen molar-refractivity contribution in [1.82, 2.24) is 5.32 Å². The highest BCUT2D eigenvalue weighted by atomic mass is 35.5. The smallest absolute Gasteiger partial charge is 0.258 e. The van der Waals surface area contributed by atoms with E-state index in [4.69, 9.17) is 26.8 Å². The normalized spacial score (nSPS) is 11.1. The Hall–Kier alpha value is -1.46. The van der Waals surface area contributed by atoms with E-state index in [1.807, 2.05) is 20.8 Å². The van der Waals surface area contributed by atoms with E-state index in [2.05, 4.69) is 5.32 Å². The quantitative estimate of drug-likeness (QED) is 0.811. The minimum atomic E-state index is -0.266. The van der Waals surface area contributed by atoms with Crippen molar-refractivity contribution in [2.75, 3.05) is 13.7 Å². The SMILES string of the molecule is CCC(C)(C)NC(=O)COc1c(Cl)cc(CN)cc1OC. The highest BCUT2D eigenvalue weighted by Gasteiger charge is 2.19. The first-order valence-corrected chi connectivity index (χ1v) is 7.21. The largest absolute Gasteiger partial charge is 0.493 e. The summed E-state index contributed by atoms with van der Waals surface area (Å²) in [5, 5.41) is 3.26. The monoisotopic (exact) mass is 314 g/mol. The molecule has 1 aromatic carbocycles. The van der Waals surface area contributed by atoms with Crippen molar-refractivity contribution in [2.45, 2.75) is 39.3 Å². The van der Waals surface area contributed by atoms with E-state index in [1.165, 1.54) is 7.11 Å². The van der Waals surface area contributed by atoms with Crippen LogP contribution in [0.4, 0.5) is 0 Å². The number of nitrogens with one attached hydrogen (secondary N) is 1. The Morgan fingerprint density at radius 1 is 1.43 bits per heavy atom. The molecule has 3 N–H and O–H groups in total. The molecule has 1 rings (SSSR count). The van der Waals surface area contributed by atoms with Gasteiger partial charge in [-0.2, -0.15) is 0 Å². The van der Waals surface area contributed by atoms with Crippen molar-refractivity contribution < 1.29 is 14.3 Å². The molecule has 21 heavy (non-hydrogen) atoms. The number of rotatable bonds is 7. The van der Waals surface area contributed by atoms with E-state index in [-0.39, 0.29) is 18.1 Å². The number of nitrogens with two attached hydrogens (primary N) is 1. The van der Waals surface area contributed by atoms with E-state index < -0.39 is 0 Å². The van der Waals surface area contributed by atoms with E-state index in [0.717, 1.165) is 12.0 Å². The van der Waals surface area contributed by atoms with Crippen molar-refractivity contribution in [3.05, 3.63) is 22.7 Å². The summed E-state index contributed by atoms with van der Waals surface area (Å²) in [4.78, 5) is 11.9. The summed E-state index contributed by atoms with van der Waals surface area (Å²) in [6.07, 6.45) is 0.827. The maximum absolute atomic E-state index is 11.9. The van der Waals surface area contributed by atoms with Crippen LogP contribution in [0.25, 0.3) is 0 Å². The molecule has 0 heterocycles. The van der Waals surface area contributed by atoms with Gasteiger partial charge in [-0.05, 0) is 38.0 Å². The van der Waals surface area contributed by atoms with Gasteiger partial charge in [0.05, 0.1) is 12.1 Å². The van der Waals surface area contributed by atoms with E-state index in [1.54, 1.807) is 12.1 Å². The first kappa shape index (κ1) is 17.6. The van der Waals surface area contributed by atoms with Crippen molar-refractivity contribution in [3.8, 4) is 11.5 Å². The molecule has 1 amide bonds. The molecule has 0 aliphatic carbocycles. The summed E-state index contributed by atoms with van der Waals surface area (Å²) in [7, 11) is 1.51. The zero-order valence-corrected chi connectivity index (χ0v) is 13.7. The second kappa shape index (κ2) is 7.52. The lowest BCUT2D eigenvalue weighted by molar-refractivity contribution is -0.124. The van der Waals surface area contributed by atoms with Crippen LogP contribution in [-0.4, -0.2) is 25.2 Å². The van der Waals surface area contributed by atoms with Crippen LogP contribution in [-0.2, 0) is 11.3 Å². The highest BCUT2D eigenvalue weighted by Crippen LogP contribution is 2.36. The van der Waals surface area contributed by atoms with Crippen LogP contribution in [0.5, 0.6) is 11.5 Å². The predicted octanol–water partition coefficient (Wildman–Crippen LogP) is 2.49. The number of hydrogen-bond donors (Lipinski definition) is 2. The Bertz CT molecular complexity index is 504. The molecule has 0 saturated carbocycles. The van der Waals surface area contributed by atoms with Crippen molar-refractivity contribution in [1.29, 1.82) is 0 Å². The lowest BCUT2D eigenvalue weighted by Gasteiger charge is -2.24. The number of ether oxygens (including phenoxy) is 2. The Balaban J connectivity index is 2.77. The van der Waals surface area contributed by atoms with Gasteiger partial charge in [-0.25, -0.2) is 0 Å². The first-order chi connectivity index (χ1) is 9.82. The third-order valence-corrected chi connectivity index (χ3v) is 3.51. The van der Waals surface area contributed by atoms with Crippen LogP contribution >= 0.6 is 11.6 Å². The summed E-state index contributed by atoms with van der Waals surface area (Å²) in [5.41, 5.74) is 6.15. The van der Waals surface area contributed by atoms with Crippen LogP contribution < -0.4 is 20.5 Å². The van der Waals surface area contributed by atoms with Gasteiger partial charge in [0.2, 0.25) is 0 Å². The Labute approximate surface area is 130 Å². The third-order valence-electron chi connectivity index (χ3n) is 3.23. The van der Waals surface area contributed by atoms with Gasteiger partial charge in [0.15, 0.2) is 18.1 Å². The molecule has 118 valence electrons. The van der Waals surface area contributed by atoms with Crippen LogP contribution in [0.3, 0.4) is 0 Å². The second-order valence-electron chi connectivity index (χ2n) is 5.39. The number of halogens is 1. The lowest BCUT2D eigenvalue weighted by Crippen LogP contribution is -2.44. The molecule has 0 atom stereocenters. The Morgan fingerprint density at radius 3 is 2.62 bits per heavy atom. The molecule has 0 radical (unpaired) electrons. The van der Waals surface area contributed by atoms with Crippen molar-refractivity contribution in [2.24, 2.45) is 5.73 Å². The molecule has 0 spiro atoms. The van der Waals surface area contributed by atoms with Crippen LogP contribution in [0, 0.1) is 0 Å². The number of carbonyl (C=O) groups excluding carboxylic acids is 1. The molecule has 1 aromatic rings. The fourth-order valence-electron chi connectivity index (χ4n) is 1.67. The zero-order chi connectivity index (χ0) is 16.0. The molecule has 5 nitrogen and oxygen atoms in total. The van der Waals surface area contributed by atoms with Crippen LogP contribution in [0.1, 0.15) is 32.8 Å². The number of methoxy groups -OCH3 is 1. The second-order valence-corrected chi connectivity index (χ2v) is 5.79. The number of hydrogen-bond acceptors (Lipinski definition) is 4.